The van der Waals surface area contributed by atoms with Gasteiger partial charge in [-0.25, -0.2) is 4.79 Å². The largest absolute Gasteiger partial charge is 0.489 e. The first-order valence-corrected chi connectivity index (χ1v) is 14.2. The van der Waals surface area contributed by atoms with E-state index in [1.807, 2.05) is 24.3 Å². The molecule has 1 aromatic heterocycles. The number of H-pyrrole nitrogens is 2. The molecular formula is C28H32N6O6S. The van der Waals surface area contributed by atoms with Crippen LogP contribution < -0.4 is 26.0 Å². The fraction of sp³-hybridized carbons (Fsp3) is 0.357. The van der Waals surface area contributed by atoms with Crippen LogP contribution in [-0.2, 0) is 9.59 Å². The third-order valence-corrected chi connectivity index (χ3v) is 7.82. The van der Waals surface area contributed by atoms with Gasteiger partial charge in [0.25, 0.3) is 5.91 Å². The molecule has 13 heteroatoms. The number of rotatable bonds is 11. The highest BCUT2D eigenvalue weighted by atomic mass is 32.2. The maximum atomic E-state index is 12.2. The Hall–Kier alpha value is -4.07. The summed E-state index contributed by atoms with van der Waals surface area (Å²) in [6, 6.07) is 13.6. The third kappa shape index (κ3) is 7.57. The van der Waals surface area contributed by atoms with Crippen molar-refractivity contribution in [3.63, 3.8) is 0 Å². The standard InChI is InChI=1S/C28H32N6O6S/c35-20(16-40-22-3-1-2-21-25(22)32-27(39)31-21)15-30-18-9-12-34(13-10-18)19-6-4-17(5-7-19)14-23-26(38)33-28(41-23)29-11-8-24(36)37/h1-7,14,18,20,30,35H,8-13,15-16H2,(H,36,37)(H,29,33,38)(H2,31,32,39)/b23-14+. The second-order valence-electron chi connectivity index (χ2n) is 9.88. The molecule has 3 heterocycles. The van der Waals surface area contributed by atoms with Crippen molar-refractivity contribution in [2.45, 2.75) is 31.4 Å². The maximum Gasteiger partial charge on any atom is 0.323 e. The average Bonchev–Trinajstić information content (AvgIpc) is 3.52. The number of ether oxygens (including phenoxy) is 1. The molecule has 2 aliphatic heterocycles. The van der Waals surface area contributed by atoms with Crippen LogP contribution in [0.4, 0.5) is 5.69 Å². The van der Waals surface area contributed by atoms with E-state index in [2.05, 4.69) is 30.5 Å². The minimum atomic E-state index is -0.928. The number of hydrogen-bond donors (Lipinski definition) is 6. The lowest BCUT2D eigenvalue weighted by molar-refractivity contribution is -0.136. The number of aromatic amines is 2. The molecule has 12 nitrogen and oxygen atoms in total. The second kappa shape index (κ2) is 13.1. The number of piperidine rings is 1. The molecule has 2 fully saturated rings. The molecule has 1 atom stereocenters. The van der Waals surface area contributed by atoms with Gasteiger partial charge in [-0.2, -0.15) is 0 Å². The number of carbonyl (C=O) groups excluding carboxylic acids is 1. The van der Waals surface area contributed by atoms with Gasteiger partial charge in [-0.1, -0.05) is 18.2 Å². The number of amides is 1. The van der Waals surface area contributed by atoms with Gasteiger partial charge in [-0.05, 0) is 60.5 Å². The third-order valence-electron chi connectivity index (χ3n) is 6.87. The molecule has 2 saturated heterocycles. The molecule has 2 aliphatic rings. The van der Waals surface area contributed by atoms with Crippen molar-refractivity contribution < 1.29 is 24.5 Å². The summed E-state index contributed by atoms with van der Waals surface area (Å²) < 4.78 is 5.75. The number of carbonyl (C=O) groups is 2. The van der Waals surface area contributed by atoms with E-state index in [9.17, 15) is 19.5 Å². The Labute approximate surface area is 239 Å². The first-order valence-electron chi connectivity index (χ1n) is 13.4. The van der Waals surface area contributed by atoms with E-state index in [4.69, 9.17) is 9.84 Å². The van der Waals surface area contributed by atoms with Crippen molar-refractivity contribution in [2.75, 3.05) is 37.7 Å². The highest BCUT2D eigenvalue weighted by molar-refractivity contribution is 8.18. The number of fused-ring (bicyclic) bond motifs is 1. The molecule has 216 valence electrons. The van der Waals surface area contributed by atoms with Gasteiger partial charge in [0.2, 0.25) is 0 Å². The summed E-state index contributed by atoms with van der Waals surface area (Å²) in [5.41, 5.74) is 2.95. The van der Waals surface area contributed by atoms with Gasteiger partial charge < -0.3 is 40.5 Å². The normalized spacial score (nSPS) is 18.8. The van der Waals surface area contributed by atoms with Gasteiger partial charge >= 0.3 is 11.7 Å². The van der Waals surface area contributed by atoms with Gasteiger partial charge in [-0.3, -0.25) is 14.6 Å². The number of aromatic nitrogens is 2. The number of para-hydroxylation sites is 1. The average molecular weight is 581 g/mol. The Morgan fingerprint density at radius 3 is 2.71 bits per heavy atom. The predicted octanol–water partition coefficient (Wildman–Crippen LogP) is 1.89. The molecule has 1 unspecified atom stereocenters. The highest BCUT2D eigenvalue weighted by Gasteiger charge is 2.24. The molecule has 6 N–H and O–H groups in total. The van der Waals surface area contributed by atoms with E-state index in [0.29, 0.717) is 39.4 Å². The Morgan fingerprint density at radius 1 is 1.17 bits per heavy atom. The summed E-state index contributed by atoms with van der Waals surface area (Å²) in [7, 11) is 0. The number of benzene rings is 2. The number of hydrogen-bond acceptors (Lipinski definition) is 9. The van der Waals surface area contributed by atoms with Gasteiger partial charge in [0.15, 0.2) is 5.17 Å². The summed E-state index contributed by atoms with van der Waals surface area (Å²) in [6.45, 7) is 2.39. The quantitative estimate of drug-likeness (QED) is 0.185. The lowest BCUT2D eigenvalue weighted by atomic mass is 10.0. The molecule has 41 heavy (non-hydrogen) atoms. The van der Waals surface area contributed by atoms with Gasteiger partial charge in [0.1, 0.15) is 24.0 Å². The van der Waals surface area contributed by atoms with Crippen LogP contribution in [0.2, 0.25) is 0 Å². The zero-order valence-electron chi connectivity index (χ0n) is 22.3. The van der Waals surface area contributed by atoms with Crippen LogP contribution in [0, 0.1) is 0 Å². The number of aliphatic hydroxyl groups is 1. The van der Waals surface area contributed by atoms with Gasteiger partial charge in [0.05, 0.1) is 23.4 Å². The number of carboxylic acids is 1. The molecule has 0 radical (unpaired) electrons. The Kier molecular flexibility index (Phi) is 9.07. The fourth-order valence-electron chi connectivity index (χ4n) is 4.73. The molecular weight excluding hydrogens is 548 g/mol. The minimum Gasteiger partial charge on any atom is -0.489 e. The Bertz CT molecular complexity index is 1510. The highest BCUT2D eigenvalue weighted by Crippen LogP contribution is 2.27. The van der Waals surface area contributed by atoms with E-state index < -0.39 is 12.1 Å². The van der Waals surface area contributed by atoms with Crippen molar-refractivity contribution in [3.8, 4) is 5.75 Å². The van der Waals surface area contributed by atoms with Crippen molar-refractivity contribution in [3.05, 3.63) is 63.4 Å². The summed E-state index contributed by atoms with van der Waals surface area (Å²) in [6.07, 6.45) is 2.89. The van der Waals surface area contributed by atoms with Crippen LogP contribution in [0.5, 0.6) is 5.75 Å². The van der Waals surface area contributed by atoms with Crippen molar-refractivity contribution in [2.24, 2.45) is 4.99 Å². The van der Waals surface area contributed by atoms with Crippen LogP contribution in [0.3, 0.4) is 0 Å². The van der Waals surface area contributed by atoms with Crippen LogP contribution in [0.15, 0.2) is 57.2 Å². The molecule has 0 saturated carbocycles. The number of anilines is 1. The van der Waals surface area contributed by atoms with E-state index in [-0.39, 0.29) is 31.2 Å². The summed E-state index contributed by atoms with van der Waals surface area (Å²) in [5, 5.41) is 25.7. The maximum absolute atomic E-state index is 12.2. The predicted molar refractivity (Wildman–Crippen MR) is 158 cm³/mol. The molecule has 3 aromatic rings. The van der Waals surface area contributed by atoms with Gasteiger partial charge in [-0.15, -0.1) is 0 Å². The SMILES string of the molecule is O=C(O)CCN=C1NC(=O)/C(=C\c2ccc(N3CCC(NCC(O)COc4cccc5[nH]c(=O)[nH]c45)CC3)cc2)S1. The molecule has 0 aliphatic carbocycles. The number of imidazole rings is 1. The number of aliphatic hydroxyl groups excluding tert-OH is 1. The lowest BCUT2D eigenvalue weighted by Gasteiger charge is -2.34. The topological polar surface area (TPSA) is 172 Å². The minimum absolute atomic E-state index is 0.0814. The summed E-state index contributed by atoms with van der Waals surface area (Å²) in [5.74, 6) is -0.649. The Balaban J connectivity index is 1.05. The van der Waals surface area contributed by atoms with E-state index >= 15 is 0 Å². The lowest BCUT2D eigenvalue weighted by Crippen LogP contribution is -2.45. The van der Waals surface area contributed by atoms with Crippen LogP contribution >= 0.6 is 11.8 Å². The molecule has 2 aromatic carbocycles. The number of nitrogens with zero attached hydrogens (tertiary/aromatic N) is 2. The summed E-state index contributed by atoms with van der Waals surface area (Å²) in [4.78, 5) is 46.8. The number of aliphatic imine (C=N–C) groups is 1. The van der Waals surface area contributed by atoms with E-state index in [1.165, 1.54) is 11.8 Å². The van der Waals surface area contributed by atoms with Crippen LogP contribution in [0.25, 0.3) is 17.1 Å². The van der Waals surface area contributed by atoms with E-state index in [0.717, 1.165) is 37.2 Å². The first kappa shape index (κ1) is 28.5. The van der Waals surface area contributed by atoms with Gasteiger partial charge in [0, 0.05) is 31.4 Å². The number of carboxylic acid groups (broad SMARTS) is 1. The molecule has 5 rings (SSSR count). The summed E-state index contributed by atoms with van der Waals surface area (Å²) >= 11 is 1.21. The van der Waals surface area contributed by atoms with Crippen molar-refractivity contribution >= 4 is 51.6 Å². The monoisotopic (exact) mass is 580 g/mol. The van der Waals surface area contributed by atoms with Crippen molar-refractivity contribution in [1.82, 2.24) is 20.6 Å². The molecule has 1 amide bonds. The van der Waals surface area contributed by atoms with Crippen LogP contribution in [0.1, 0.15) is 24.8 Å². The molecule has 0 bridgehead atoms. The molecule has 0 spiro atoms. The second-order valence-corrected chi connectivity index (χ2v) is 10.9. The zero-order valence-corrected chi connectivity index (χ0v) is 23.1. The van der Waals surface area contributed by atoms with Crippen molar-refractivity contribution in [1.29, 1.82) is 0 Å². The fourth-order valence-corrected chi connectivity index (χ4v) is 5.58. The first-order chi connectivity index (χ1) is 19.8. The number of aliphatic carboxylic acids is 1. The smallest absolute Gasteiger partial charge is 0.323 e. The zero-order chi connectivity index (χ0) is 28.8. The van der Waals surface area contributed by atoms with E-state index in [1.54, 1.807) is 24.3 Å². The number of amidine groups is 1. The Morgan fingerprint density at radius 2 is 1.95 bits per heavy atom. The number of thioether (sulfide) groups is 1. The number of nitrogens with one attached hydrogen (secondary N) is 4. The van der Waals surface area contributed by atoms with Crippen LogP contribution in [-0.4, -0.2) is 82.2 Å².